The summed E-state index contributed by atoms with van der Waals surface area (Å²) in [6, 6.07) is 4.90. The number of rotatable bonds is 3. The Hall–Kier alpha value is -1.11. The molecule has 19 heavy (non-hydrogen) atoms. The van der Waals surface area contributed by atoms with Crippen molar-refractivity contribution in [1.29, 1.82) is 0 Å². The largest absolute Gasteiger partial charge is 0.416 e. The Morgan fingerprint density at radius 1 is 1.26 bits per heavy atom. The topological polar surface area (TPSA) is 35.5 Å². The molecule has 0 aliphatic carbocycles. The molecule has 1 saturated heterocycles. The predicted molar refractivity (Wildman–Crippen MR) is 65.7 cm³/mol. The average molecular weight is 274 g/mol. The minimum absolute atomic E-state index is 0.313. The fourth-order valence-corrected chi connectivity index (χ4v) is 2.17. The van der Waals surface area contributed by atoms with Crippen LogP contribution in [0.5, 0.6) is 0 Å². The highest BCUT2D eigenvalue weighted by atomic mass is 19.4. The predicted octanol–water partition coefficient (Wildman–Crippen LogP) is 1.64. The molecule has 1 atom stereocenters. The lowest BCUT2D eigenvalue weighted by Crippen LogP contribution is -2.44. The van der Waals surface area contributed by atoms with E-state index in [1.54, 1.807) is 0 Å². The van der Waals surface area contributed by atoms with Gasteiger partial charge in [0.1, 0.15) is 0 Å². The van der Waals surface area contributed by atoms with E-state index in [1.807, 2.05) is 4.90 Å². The highest BCUT2D eigenvalue weighted by Gasteiger charge is 2.31. The van der Waals surface area contributed by atoms with Crippen LogP contribution in [0.15, 0.2) is 24.3 Å². The molecule has 0 radical (unpaired) electrons. The molecule has 1 aromatic rings. The van der Waals surface area contributed by atoms with Crippen molar-refractivity contribution < 1.29 is 18.3 Å². The molecule has 1 aliphatic heterocycles. The summed E-state index contributed by atoms with van der Waals surface area (Å²) in [7, 11) is 0. The number of hydrogen-bond donors (Lipinski definition) is 2. The first-order valence-electron chi connectivity index (χ1n) is 6.25. The summed E-state index contributed by atoms with van der Waals surface area (Å²) in [5.74, 6) is 0. The van der Waals surface area contributed by atoms with E-state index in [4.69, 9.17) is 0 Å². The maximum atomic E-state index is 12.6. The van der Waals surface area contributed by atoms with Crippen LogP contribution in [0.2, 0.25) is 0 Å². The SMILES string of the molecule is OC(CN1CCNCC1)c1cccc(C(F)(F)F)c1. The summed E-state index contributed by atoms with van der Waals surface area (Å²) in [6.07, 6.45) is -5.26. The van der Waals surface area contributed by atoms with Gasteiger partial charge in [-0.2, -0.15) is 13.2 Å². The van der Waals surface area contributed by atoms with E-state index in [1.165, 1.54) is 12.1 Å². The zero-order valence-electron chi connectivity index (χ0n) is 10.5. The number of aliphatic hydroxyl groups is 1. The smallest absolute Gasteiger partial charge is 0.387 e. The number of halogens is 3. The van der Waals surface area contributed by atoms with Crippen LogP contribution >= 0.6 is 0 Å². The number of nitrogens with one attached hydrogen (secondary N) is 1. The Bertz CT molecular complexity index is 417. The van der Waals surface area contributed by atoms with Crippen molar-refractivity contribution in [1.82, 2.24) is 10.2 Å². The number of hydrogen-bond acceptors (Lipinski definition) is 3. The molecule has 106 valence electrons. The molecule has 1 unspecified atom stereocenters. The number of benzene rings is 1. The third-order valence-corrected chi connectivity index (χ3v) is 3.24. The van der Waals surface area contributed by atoms with E-state index >= 15 is 0 Å². The molecule has 2 rings (SSSR count). The third-order valence-electron chi connectivity index (χ3n) is 3.24. The molecule has 0 aromatic heterocycles. The Kier molecular flexibility index (Phi) is 4.44. The van der Waals surface area contributed by atoms with E-state index in [0.717, 1.165) is 38.3 Å². The summed E-state index contributed by atoms with van der Waals surface area (Å²) >= 11 is 0. The Morgan fingerprint density at radius 2 is 1.95 bits per heavy atom. The van der Waals surface area contributed by atoms with Crippen molar-refractivity contribution in [3.05, 3.63) is 35.4 Å². The molecule has 0 spiro atoms. The third kappa shape index (κ3) is 3.92. The second-order valence-electron chi connectivity index (χ2n) is 4.69. The highest BCUT2D eigenvalue weighted by molar-refractivity contribution is 5.27. The molecule has 2 N–H and O–H groups in total. The zero-order valence-corrected chi connectivity index (χ0v) is 10.5. The van der Waals surface area contributed by atoms with Crippen LogP contribution in [0.1, 0.15) is 17.2 Å². The lowest BCUT2D eigenvalue weighted by Gasteiger charge is -2.29. The van der Waals surface area contributed by atoms with Crippen molar-refractivity contribution in [2.45, 2.75) is 12.3 Å². The standard InChI is InChI=1S/C13H17F3N2O/c14-13(15,16)11-3-1-2-10(8-11)12(19)9-18-6-4-17-5-7-18/h1-3,8,12,17,19H,4-7,9H2. The van der Waals surface area contributed by atoms with Gasteiger partial charge in [0.05, 0.1) is 11.7 Å². The summed E-state index contributed by atoms with van der Waals surface area (Å²) in [5, 5.41) is 13.2. The average Bonchev–Trinajstić information content (AvgIpc) is 2.39. The summed E-state index contributed by atoms with van der Waals surface area (Å²) in [6.45, 7) is 3.65. The molecule has 1 fully saturated rings. The van der Waals surface area contributed by atoms with Crippen LogP contribution in [0.3, 0.4) is 0 Å². The van der Waals surface area contributed by atoms with Gasteiger partial charge in [-0.3, -0.25) is 4.90 Å². The Balaban J connectivity index is 2.04. The monoisotopic (exact) mass is 274 g/mol. The molecule has 0 saturated carbocycles. The number of piperazine rings is 1. The van der Waals surface area contributed by atoms with Gasteiger partial charge >= 0.3 is 6.18 Å². The lowest BCUT2D eigenvalue weighted by molar-refractivity contribution is -0.137. The van der Waals surface area contributed by atoms with Gasteiger partial charge in [-0.25, -0.2) is 0 Å². The minimum atomic E-state index is -4.37. The summed E-state index contributed by atoms with van der Waals surface area (Å²) < 4.78 is 37.8. The van der Waals surface area contributed by atoms with Crippen LogP contribution in [-0.2, 0) is 6.18 Å². The van der Waals surface area contributed by atoms with E-state index in [-0.39, 0.29) is 0 Å². The summed E-state index contributed by atoms with van der Waals surface area (Å²) in [4.78, 5) is 2.04. The van der Waals surface area contributed by atoms with Gasteiger partial charge in [0.25, 0.3) is 0 Å². The van der Waals surface area contributed by atoms with Crippen molar-refractivity contribution in [2.75, 3.05) is 32.7 Å². The molecule has 1 aliphatic rings. The van der Waals surface area contributed by atoms with E-state index in [2.05, 4.69) is 5.32 Å². The van der Waals surface area contributed by atoms with Gasteiger partial charge in [-0.05, 0) is 17.7 Å². The number of aliphatic hydroxyl groups excluding tert-OH is 1. The Labute approximate surface area is 110 Å². The van der Waals surface area contributed by atoms with Gasteiger partial charge in [0, 0.05) is 32.7 Å². The second-order valence-corrected chi connectivity index (χ2v) is 4.69. The van der Waals surface area contributed by atoms with Crippen molar-refractivity contribution >= 4 is 0 Å². The molecular formula is C13H17F3N2O. The maximum Gasteiger partial charge on any atom is 0.416 e. The van der Waals surface area contributed by atoms with Crippen LogP contribution in [0.25, 0.3) is 0 Å². The first-order valence-corrected chi connectivity index (χ1v) is 6.25. The molecule has 0 bridgehead atoms. The minimum Gasteiger partial charge on any atom is -0.387 e. The van der Waals surface area contributed by atoms with Gasteiger partial charge in [-0.1, -0.05) is 12.1 Å². The van der Waals surface area contributed by atoms with E-state index in [9.17, 15) is 18.3 Å². The molecule has 3 nitrogen and oxygen atoms in total. The highest BCUT2D eigenvalue weighted by Crippen LogP contribution is 2.30. The number of alkyl halides is 3. The normalized spacial score (nSPS) is 19.4. The van der Waals surface area contributed by atoms with Gasteiger partial charge in [0.2, 0.25) is 0 Å². The fourth-order valence-electron chi connectivity index (χ4n) is 2.17. The van der Waals surface area contributed by atoms with E-state index < -0.39 is 17.8 Å². The lowest BCUT2D eigenvalue weighted by atomic mass is 10.1. The van der Waals surface area contributed by atoms with Crippen molar-refractivity contribution in [2.24, 2.45) is 0 Å². The number of nitrogens with zero attached hydrogens (tertiary/aromatic N) is 1. The van der Waals surface area contributed by atoms with Crippen molar-refractivity contribution in [3.63, 3.8) is 0 Å². The van der Waals surface area contributed by atoms with Crippen molar-refractivity contribution in [3.8, 4) is 0 Å². The molecular weight excluding hydrogens is 257 g/mol. The van der Waals surface area contributed by atoms with E-state index in [0.29, 0.717) is 12.1 Å². The molecule has 1 aromatic carbocycles. The molecule has 6 heteroatoms. The van der Waals surface area contributed by atoms with Crippen LogP contribution in [0.4, 0.5) is 13.2 Å². The molecule has 0 amide bonds. The van der Waals surface area contributed by atoms with Crippen LogP contribution < -0.4 is 5.32 Å². The van der Waals surface area contributed by atoms with Gasteiger partial charge in [0.15, 0.2) is 0 Å². The van der Waals surface area contributed by atoms with Gasteiger partial charge < -0.3 is 10.4 Å². The first-order chi connectivity index (χ1) is 8.97. The molecule has 1 heterocycles. The fraction of sp³-hybridized carbons (Fsp3) is 0.538. The second kappa shape index (κ2) is 5.90. The maximum absolute atomic E-state index is 12.6. The zero-order chi connectivity index (χ0) is 13.9. The quantitative estimate of drug-likeness (QED) is 0.879. The van der Waals surface area contributed by atoms with Crippen LogP contribution in [-0.4, -0.2) is 42.7 Å². The first kappa shape index (κ1) is 14.3. The Morgan fingerprint density at radius 3 is 2.58 bits per heavy atom. The van der Waals surface area contributed by atoms with Crippen LogP contribution in [0, 0.1) is 0 Å². The summed E-state index contributed by atoms with van der Waals surface area (Å²) in [5.41, 5.74) is -0.405. The number of β-amino-alcohol motifs (C(OH)–C–C–N with tert-alkyl or cyclic N) is 1. The van der Waals surface area contributed by atoms with Gasteiger partial charge in [-0.15, -0.1) is 0 Å².